The van der Waals surface area contributed by atoms with Crippen LogP contribution in [0.25, 0.3) is 0 Å². The first kappa shape index (κ1) is 15.4. The van der Waals surface area contributed by atoms with Crippen LogP contribution < -0.4 is 5.32 Å². The van der Waals surface area contributed by atoms with Crippen molar-refractivity contribution in [3.8, 4) is 0 Å². The van der Waals surface area contributed by atoms with Crippen molar-refractivity contribution in [3.05, 3.63) is 61.1 Å². The molecule has 0 fully saturated rings. The van der Waals surface area contributed by atoms with Crippen LogP contribution in [0.2, 0.25) is 0 Å². The van der Waals surface area contributed by atoms with Gasteiger partial charge in [-0.2, -0.15) is 0 Å². The van der Waals surface area contributed by atoms with Gasteiger partial charge in [-0.15, -0.1) is 0 Å². The van der Waals surface area contributed by atoms with Crippen LogP contribution in [0.1, 0.15) is 15.9 Å². The Morgan fingerprint density at radius 1 is 1.25 bits per heavy atom. The van der Waals surface area contributed by atoms with Crippen molar-refractivity contribution in [2.75, 3.05) is 5.32 Å². The number of hydrogen-bond acceptors (Lipinski definition) is 1. The fourth-order valence-corrected chi connectivity index (χ4v) is 2.57. The van der Waals surface area contributed by atoms with E-state index < -0.39 is 23.2 Å². The summed E-state index contributed by atoms with van der Waals surface area (Å²) >= 11 is 5.25. The molecule has 2 nitrogen and oxygen atoms in total. The molecule has 104 valence electrons. The lowest BCUT2D eigenvalue weighted by molar-refractivity contribution is 0.102. The molecule has 0 bridgehead atoms. The van der Waals surface area contributed by atoms with Gasteiger partial charge in [0.05, 0.1) is 5.56 Å². The van der Waals surface area contributed by atoms with Gasteiger partial charge in [-0.25, -0.2) is 8.78 Å². The summed E-state index contributed by atoms with van der Waals surface area (Å²) in [5.74, 6) is -2.12. The average Bonchev–Trinajstić information content (AvgIpc) is 2.41. The highest BCUT2D eigenvalue weighted by molar-refractivity contribution is 14.1. The standard InChI is InChI=1S/C14H9BrF2INO/c1-7-2-4-10(16)13(12(7)17)19-14(20)9-6-8(15)3-5-11(9)18/h2-6H,1H3,(H,19,20). The zero-order valence-corrected chi connectivity index (χ0v) is 14.1. The fraction of sp³-hybridized carbons (Fsp3) is 0.0714. The van der Waals surface area contributed by atoms with Crippen molar-refractivity contribution >= 4 is 50.1 Å². The molecule has 2 aromatic rings. The zero-order chi connectivity index (χ0) is 14.9. The Hall–Kier alpha value is -1.02. The summed E-state index contributed by atoms with van der Waals surface area (Å²) in [6.07, 6.45) is 0. The van der Waals surface area contributed by atoms with E-state index in [0.717, 1.165) is 6.07 Å². The fourth-order valence-electron chi connectivity index (χ4n) is 1.62. The van der Waals surface area contributed by atoms with Crippen LogP contribution >= 0.6 is 38.5 Å². The van der Waals surface area contributed by atoms with Gasteiger partial charge >= 0.3 is 0 Å². The molecule has 0 unspecified atom stereocenters. The Morgan fingerprint density at radius 2 is 1.95 bits per heavy atom. The number of carbonyl (C=O) groups excluding carboxylic acids is 1. The van der Waals surface area contributed by atoms with E-state index in [9.17, 15) is 13.6 Å². The largest absolute Gasteiger partial charge is 0.317 e. The quantitative estimate of drug-likeness (QED) is 0.647. The van der Waals surface area contributed by atoms with Crippen molar-refractivity contribution in [3.63, 3.8) is 0 Å². The highest BCUT2D eigenvalue weighted by Gasteiger charge is 2.17. The summed E-state index contributed by atoms with van der Waals surface area (Å²) in [4.78, 5) is 12.1. The van der Waals surface area contributed by atoms with Gasteiger partial charge in [-0.3, -0.25) is 4.79 Å². The highest BCUT2D eigenvalue weighted by Crippen LogP contribution is 2.24. The van der Waals surface area contributed by atoms with E-state index in [1.54, 1.807) is 18.2 Å². The van der Waals surface area contributed by atoms with Gasteiger partial charge < -0.3 is 5.32 Å². The maximum atomic E-state index is 13.9. The molecule has 0 spiro atoms. The number of anilines is 1. The normalized spacial score (nSPS) is 10.4. The molecule has 2 aromatic carbocycles. The van der Waals surface area contributed by atoms with E-state index in [4.69, 9.17) is 0 Å². The lowest BCUT2D eigenvalue weighted by atomic mass is 10.1. The monoisotopic (exact) mass is 451 g/mol. The van der Waals surface area contributed by atoms with Crippen LogP contribution in [0.15, 0.2) is 34.8 Å². The summed E-state index contributed by atoms with van der Waals surface area (Å²) in [6, 6.07) is 7.57. The molecule has 0 saturated carbocycles. The zero-order valence-electron chi connectivity index (χ0n) is 10.3. The topological polar surface area (TPSA) is 29.1 Å². The summed E-state index contributed by atoms with van der Waals surface area (Å²) < 4.78 is 28.9. The molecule has 1 amide bonds. The molecular weight excluding hydrogens is 443 g/mol. The van der Waals surface area contributed by atoms with E-state index in [-0.39, 0.29) is 5.56 Å². The van der Waals surface area contributed by atoms with Gasteiger partial charge in [0.1, 0.15) is 11.5 Å². The van der Waals surface area contributed by atoms with Gasteiger partial charge in [0.2, 0.25) is 0 Å². The van der Waals surface area contributed by atoms with Crippen molar-refractivity contribution in [2.45, 2.75) is 6.92 Å². The van der Waals surface area contributed by atoms with Crippen LogP contribution in [0.3, 0.4) is 0 Å². The van der Waals surface area contributed by atoms with E-state index in [1.807, 2.05) is 22.6 Å². The molecule has 6 heteroatoms. The number of amides is 1. The molecule has 0 aromatic heterocycles. The summed E-state index contributed by atoms with van der Waals surface area (Å²) in [6.45, 7) is 1.51. The first-order valence-corrected chi connectivity index (χ1v) is 7.48. The van der Waals surface area contributed by atoms with E-state index in [2.05, 4.69) is 21.2 Å². The Balaban J connectivity index is 2.38. The number of rotatable bonds is 2. The van der Waals surface area contributed by atoms with Crippen molar-refractivity contribution in [2.24, 2.45) is 0 Å². The molecule has 0 aliphatic heterocycles. The smallest absolute Gasteiger partial charge is 0.256 e. The predicted molar refractivity (Wildman–Crippen MR) is 85.9 cm³/mol. The third-order valence-corrected chi connectivity index (χ3v) is 4.13. The van der Waals surface area contributed by atoms with Crippen molar-refractivity contribution in [1.82, 2.24) is 0 Å². The molecule has 0 saturated heterocycles. The van der Waals surface area contributed by atoms with Gasteiger partial charge in [-0.1, -0.05) is 22.0 Å². The lowest BCUT2D eigenvalue weighted by Gasteiger charge is -2.10. The predicted octanol–water partition coefficient (Wildman–Crippen LogP) is 4.89. The molecular formula is C14H9BrF2INO. The van der Waals surface area contributed by atoms with Gasteiger partial charge in [-0.05, 0) is 59.3 Å². The summed E-state index contributed by atoms with van der Waals surface area (Å²) in [5, 5.41) is 2.29. The first-order chi connectivity index (χ1) is 9.40. The number of aryl methyl sites for hydroxylation is 1. The number of halogens is 4. The molecule has 0 heterocycles. The van der Waals surface area contributed by atoms with Gasteiger partial charge in [0.15, 0.2) is 5.82 Å². The minimum atomic E-state index is -0.800. The van der Waals surface area contributed by atoms with Crippen LogP contribution in [-0.4, -0.2) is 5.91 Å². The summed E-state index contributed by atoms with van der Waals surface area (Å²) in [7, 11) is 0. The second-order valence-corrected chi connectivity index (χ2v) is 6.21. The number of nitrogens with one attached hydrogen (secondary N) is 1. The minimum absolute atomic E-state index is 0.269. The van der Waals surface area contributed by atoms with Crippen LogP contribution in [-0.2, 0) is 0 Å². The molecule has 0 atom stereocenters. The Bertz CT molecular complexity index is 691. The average molecular weight is 452 g/mol. The second-order valence-electron chi connectivity index (χ2n) is 4.13. The highest BCUT2D eigenvalue weighted by atomic mass is 127. The molecule has 1 N–H and O–H groups in total. The minimum Gasteiger partial charge on any atom is -0.317 e. The maximum Gasteiger partial charge on any atom is 0.256 e. The van der Waals surface area contributed by atoms with Crippen LogP contribution in [0, 0.1) is 22.1 Å². The van der Waals surface area contributed by atoms with E-state index >= 15 is 0 Å². The molecule has 0 aliphatic rings. The van der Waals surface area contributed by atoms with Crippen molar-refractivity contribution < 1.29 is 13.6 Å². The van der Waals surface area contributed by atoms with Crippen LogP contribution in [0.5, 0.6) is 0 Å². The third kappa shape index (κ3) is 3.17. The lowest BCUT2D eigenvalue weighted by Crippen LogP contribution is -2.16. The molecule has 2 rings (SSSR count). The molecule has 0 radical (unpaired) electrons. The first-order valence-electron chi connectivity index (χ1n) is 5.61. The Labute approximate surface area is 136 Å². The maximum absolute atomic E-state index is 13.9. The number of carbonyl (C=O) groups is 1. The van der Waals surface area contributed by atoms with Crippen molar-refractivity contribution in [1.29, 1.82) is 0 Å². The second kappa shape index (κ2) is 6.17. The number of hydrogen-bond donors (Lipinski definition) is 1. The SMILES string of the molecule is Cc1ccc(F)c(NC(=O)c2cc(Br)ccc2I)c1F. The van der Waals surface area contributed by atoms with Crippen LogP contribution in [0.4, 0.5) is 14.5 Å². The Kier molecular flexibility index (Phi) is 4.74. The van der Waals surface area contributed by atoms with E-state index in [0.29, 0.717) is 13.6 Å². The third-order valence-electron chi connectivity index (χ3n) is 2.70. The van der Waals surface area contributed by atoms with Gasteiger partial charge in [0.25, 0.3) is 5.91 Å². The molecule has 0 aliphatic carbocycles. The number of benzene rings is 2. The van der Waals surface area contributed by atoms with Gasteiger partial charge in [0, 0.05) is 8.04 Å². The van der Waals surface area contributed by atoms with E-state index in [1.165, 1.54) is 13.0 Å². The Morgan fingerprint density at radius 3 is 2.65 bits per heavy atom. The molecule has 20 heavy (non-hydrogen) atoms. The summed E-state index contributed by atoms with van der Waals surface area (Å²) in [5.41, 5.74) is 0.191.